The number of alkyl halides is 18. The van der Waals surface area contributed by atoms with E-state index in [2.05, 4.69) is 0 Å². The van der Waals surface area contributed by atoms with Crippen LogP contribution in [0.2, 0.25) is 0 Å². The Labute approximate surface area is 152 Å². The van der Waals surface area contributed by atoms with Gasteiger partial charge in [-0.3, -0.25) is 0 Å². The van der Waals surface area contributed by atoms with Gasteiger partial charge >= 0.3 is 46.6 Å². The molecule has 0 nitrogen and oxygen atoms in total. The van der Waals surface area contributed by atoms with Gasteiger partial charge in [-0.25, -0.2) is 0 Å². The summed E-state index contributed by atoms with van der Waals surface area (Å²) in [5, 5.41) is -20.6. The summed E-state index contributed by atoms with van der Waals surface area (Å²) in [6, 6.07) is 0. The Bertz CT molecular complexity index is 654. The lowest BCUT2D eigenvalue weighted by Crippen LogP contribution is -2.72. The van der Waals surface area contributed by atoms with E-state index in [-0.39, 0.29) is 0 Å². The summed E-state index contributed by atoms with van der Waals surface area (Å²) < 4.78 is 275. The standard InChI is InChI=1S/C8F22S/c9-1(10,5(17,18)19)3(13,14)7(23,24)31(27,28,29,30)8(25,26)4(15,16)2(11,12)6(20,21)22. The van der Waals surface area contributed by atoms with Crippen molar-refractivity contribution in [3.8, 4) is 0 Å². The van der Waals surface area contributed by atoms with Crippen molar-refractivity contribution in [1.82, 2.24) is 0 Å². The first-order valence-electron chi connectivity index (χ1n) is 5.93. The molecule has 0 heterocycles. The summed E-state index contributed by atoms with van der Waals surface area (Å²) in [7, 11) is -14.9. The lowest BCUT2D eigenvalue weighted by molar-refractivity contribution is -0.394. The number of rotatable bonds is 6. The molecule has 0 amide bonds. The quantitative estimate of drug-likeness (QED) is 0.295. The van der Waals surface area contributed by atoms with E-state index in [1.54, 1.807) is 0 Å². The maximum Gasteiger partial charge on any atom is 0.460 e. The smallest absolute Gasteiger partial charge is 0.191 e. The van der Waals surface area contributed by atoms with E-state index in [1.807, 2.05) is 0 Å². The first-order chi connectivity index (χ1) is 12.5. The lowest BCUT2D eigenvalue weighted by Gasteiger charge is -2.60. The zero-order valence-corrected chi connectivity index (χ0v) is 13.5. The first kappa shape index (κ1) is 29.8. The van der Waals surface area contributed by atoms with E-state index in [0.29, 0.717) is 0 Å². The second-order valence-corrected chi connectivity index (χ2v) is 8.56. The Morgan fingerprint density at radius 1 is 0.290 bits per heavy atom. The summed E-state index contributed by atoms with van der Waals surface area (Å²) in [6.45, 7) is 0. The van der Waals surface area contributed by atoms with E-state index in [0.717, 1.165) is 0 Å². The van der Waals surface area contributed by atoms with Crippen LogP contribution in [0.1, 0.15) is 0 Å². The van der Waals surface area contributed by atoms with Gasteiger partial charge < -0.3 is 0 Å². The fourth-order valence-electron chi connectivity index (χ4n) is 1.40. The molecule has 31 heavy (non-hydrogen) atoms. The fourth-order valence-corrected chi connectivity index (χ4v) is 3.01. The highest BCUT2D eigenvalue weighted by atomic mass is 32.5. The molecule has 0 radical (unpaired) electrons. The minimum atomic E-state index is -14.9. The number of hydrogen-bond donors (Lipinski definition) is 0. The molecule has 0 unspecified atom stereocenters. The van der Waals surface area contributed by atoms with Crippen molar-refractivity contribution >= 4 is 9.84 Å². The molecule has 0 aliphatic rings. The molecule has 23 heteroatoms. The molecular formula is C8F22S. The SMILES string of the molecule is FC(F)(F)C(F)(F)C(F)(F)C(F)(F)S(F)(F)(F)(F)C(F)(F)C(F)(F)C(F)(F)C(F)(F)F. The van der Waals surface area contributed by atoms with Crippen molar-refractivity contribution in [1.29, 1.82) is 0 Å². The molecule has 0 atom stereocenters. The Hall–Kier alpha value is -1.19. The highest BCUT2D eigenvalue weighted by molar-refractivity contribution is 8.51. The zero-order chi connectivity index (χ0) is 26.4. The van der Waals surface area contributed by atoms with Crippen LogP contribution < -0.4 is 0 Å². The van der Waals surface area contributed by atoms with Gasteiger partial charge in [0.05, 0.1) is 0 Å². The van der Waals surface area contributed by atoms with Crippen molar-refractivity contribution in [2.45, 2.75) is 46.6 Å². The Balaban J connectivity index is 7.49. The van der Waals surface area contributed by atoms with Gasteiger partial charge in [-0.1, -0.05) is 0 Å². The number of hydrogen-bond acceptors (Lipinski definition) is 0. The van der Waals surface area contributed by atoms with Gasteiger partial charge in [-0.05, 0) is 0 Å². The lowest BCUT2D eigenvalue weighted by atomic mass is 10.1. The van der Waals surface area contributed by atoms with Crippen molar-refractivity contribution in [2.24, 2.45) is 0 Å². The Morgan fingerprint density at radius 3 is 0.581 bits per heavy atom. The molecule has 192 valence electrons. The predicted molar refractivity (Wildman–Crippen MR) is 53.8 cm³/mol. The number of halogens is 22. The minimum Gasteiger partial charge on any atom is -0.191 e. The van der Waals surface area contributed by atoms with Crippen LogP contribution >= 0.6 is 9.84 Å². The van der Waals surface area contributed by atoms with Crippen LogP contribution in [-0.2, 0) is 0 Å². The molecule has 0 saturated carbocycles. The van der Waals surface area contributed by atoms with Crippen LogP contribution in [0.3, 0.4) is 0 Å². The van der Waals surface area contributed by atoms with E-state index in [9.17, 15) is 94.6 Å². The van der Waals surface area contributed by atoms with Gasteiger partial charge in [0.2, 0.25) is 0 Å². The van der Waals surface area contributed by atoms with Gasteiger partial charge in [0.25, 0.3) is 9.84 Å². The molecule has 0 bridgehead atoms. The third kappa shape index (κ3) is 3.02. The average molecular weight is 546 g/mol. The summed E-state index contributed by atoms with van der Waals surface area (Å²) in [5.74, 6) is -36.8. The van der Waals surface area contributed by atoms with Crippen LogP contribution in [0.4, 0.5) is 94.6 Å². The van der Waals surface area contributed by atoms with E-state index in [4.69, 9.17) is 0 Å². The largest absolute Gasteiger partial charge is 0.460 e. The van der Waals surface area contributed by atoms with Crippen LogP contribution in [0.25, 0.3) is 0 Å². The molecule has 0 saturated heterocycles. The minimum absolute atomic E-state index is 8.28. The summed E-state index contributed by atoms with van der Waals surface area (Å²) >= 11 is 0. The van der Waals surface area contributed by atoms with Crippen molar-refractivity contribution in [3.63, 3.8) is 0 Å². The van der Waals surface area contributed by atoms with Gasteiger partial charge in [0.15, 0.2) is 0 Å². The summed E-state index contributed by atoms with van der Waals surface area (Å²) in [4.78, 5) is 0. The molecule has 0 aromatic rings. The van der Waals surface area contributed by atoms with Gasteiger partial charge in [0.1, 0.15) is 0 Å². The maximum absolute atomic E-state index is 14.9. The molecule has 0 aromatic heterocycles. The van der Waals surface area contributed by atoms with Crippen molar-refractivity contribution < 1.29 is 94.6 Å². The van der Waals surface area contributed by atoms with Gasteiger partial charge in [-0.2, -0.15) is 79.0 Å². The molecular weight excluding hydrogens is 546 g/mol. The topological polar surface area (TPSA) is 0 Å². The van der Waals surface area contributed by atoms with E-state index >= 15 is 0 Å². The van der Waals surface area contributed by atoms with Gasteiger partial charge in [0, 0.05) is 0 Å². The van der Waals surface area contributed by atoms with E-state index < -0.39 is 56.4 Å². The first-order valence-corrected chi connectivity index (χ1v) is 7.98. The Kier molecular flexibility index (Phi) is 5.61. The van der Waals surface area contributed by atoms with Crippen molar-refractivity contribution in [3.05, 3.63) is 0 Å². The normalized spacial score (nSPS) is 19.2. The predicted octanol–water partition coefficient (Wildman–Crippen LogP) is 8.25. The highest BCUT2D eigenvalue weighted by Crippen LogP contribution is 3.11. The molecule has 0 fully saturated rings. The van der Waals surface area contributed by atoms with Crippen LogP contribution in [-0.4, -0.2) is 46.6 Å². The maximum atomic E-state index is 13.1. The summed E-state index contributed by atoms with van der Waals surface area (Å²) in [6.07, 6.45) is -16.6. The molecule has 0 spiro atoms. The van der Waals surface area contributed by atoms with E-state index in [1.165, 1.54) is 0 Å². The molecule has 0 aliphatic heterocycles. The third-order valence-electron chi connectivity index (χ3n) is 3.26. The summed E-state index contributed by atoms with van der Waals surface area (Å²) in [5.41, 5.74) is 0. The second kappa shape index (κ2) is 5.83. The monoisotopic (exact) mass is 546 g/mol. The van der Waals surface area contributed by atoms with Gasteiger partial charge in [-0.15, -0.1) is 15.5 Å². The molecule has 0 rings (SSSR count). The molecule has 0 aromatic carbocycles. The van der Waals surface area contributed by atoms with Crippen LogP contribution in [0.5, 0.6) is 0 Å². The average Bonchev–Trinajstić information content (AvgIpc) is 2.42. The third-order valence-corrected chi connectivity index (χ3v) is 5.84. The Morgan fingerprint density at radius 2 is 0.452 bits per heavy atom. The van der Waals surface area contributed by atoms with Crippen LogP contribution in [0, 0.1) is 0 Å². The zero-order valence-electron chi connectivity index (χ0n) is 12.7. The highest BCUT2D eigenvalue weighted by Gasteiger charge is 3.09. The molecule has 0 aliphatic carbocycles. The van der Waals surface area contributed by atoms with Crippen LogP contribution in [0.15, 0.2) is 0 Å². The second-order valence-electron chi connectivity index (χ2n) is 5.40. The molecule has 0 N–H and O–H groups in total. The van der Waals surface area contributed by atoms with Crippen molar-refractivity contribution in [2.75, 3.05) is 0 Å². The fraction of sp³-hybridized carbons (Fsp3) is 1.00.